The van der Waals surface area contributed by atoms with Crippen molar-refractivity contribution in [3.05, 3.63) is 53.1 Å². The van der Waals surface area contributed by atoms with Crippen LogP contribution in [0.25, 0.3) is 0 Å². The Morgan fingerprint density at radius 2 is 1.63 bits per heavy atom. The van der Waals surface area contributed by atoms with Gasteiger partial charge in [-0.05, 0) is 48.9 Å². The first-order valence-electron chi connectivity index (χ1n) is 8.24. The van der Waals surface area contributed by atoms with Gasteiger partial charge in [0, 0.05) is 22.7 Å². The first-order valence-corrected chi connectivity index (χ1v) is 9.60. The van der Waals surface area contributed by atoms with Crippen LogP contribution in [0.4, 0.5) is 11.4 Å². The number of halogens is 1. The summed E-state index contributed by atoms with van der Waals surface area (Å²) < 4.78 is 0. The summed E-state index contributed by atoms with van der Waals surface area (Å²) in [6.45, 7) is 1.94. The van der Waals surface area contributed by atoms with Gasteiger partial charge in [0.2, 0.25) is 11.8 Å². The lowest BCUT2D eigenvalue weighted by atomic mass is 10.2. The second-order valence-corrected chi connectivity index (χ2v) is 7.12. The number of thioether (sulfide) groups is 1. The Bertz CT molecular complexity index is 840. The van der Waals surface area contributed by atoms with Gasteiger partial charge in [-0.15, -0.1) is 11.8 Å². The number of nitrogens with one attached hydrogen (secondary N) is 2. The quantitative estimate of drug-likeness (QED) is 0.560. The molecule has 0 spiro atoms. The van der Waals surface area contributed by atoms with Crippen molar-refractivity contribution in [1.29, 1.82) is 0 Å². The maximum Gasteiger partial charge on any atom is 0.337 e. The maximum atomic E-state index is 12.1. The lowest BCUT2D eigenvalue weighted by molar-refractivity contribution is -0.116. The molecule has 2 rings (SSSR count). The van der Waals surface area contributed by atoms with Crippen LogP contribution < -0.4 is 10.6 Å². The minimum absolute atomic E-state index is 0.0269. The van der Waals surface area contributed by atoms with E-state index in [1.54, 1.807) is 18.2 Å². The summed E-state index contributed by atoms with van der Waals surface area (Å²) in [5.74, 6) is -1.29. The average molecular weight is 407 g/mol. The number of benzene rings is 2. The summed E-state index contributed by atoms with van der Waals surface area (Å²) in [7, 11) is 0. The van der Waals surface area contributed by atoms with Crippen LogP contribution in [0.3, 0.4) is 0 Å². The Morgan fingerprint density at radius 3 is 2.26 bits per heavy atom. The molecule has 0 bridgehead atoms. The lowest BCUT2D eigenvalue weighted by Crippen LogP contribution is -2.14. The van der Waals surface area contributed by atoms with E-state index >= 15 is 0 Å². The molecule has 0 aliphatic rings. The molecule has 0 atom stereocenters. The van der Waals surface area contributed by atoms with Crippen molar-refractivity contribution in [3.63, 3.8) is 0 Å². The molecule has 0 aliphatic heterocycles. The highest BCUT2D eigenvalue weighted by Gasteiger charge is 2.11. The average Bonchev–Trinajstić information content (AvgIpc) is 2.62. The van der Waals surface area contributed by atoms with Crippen molar-refractivity contribution < 1.29 is 19.5 Å². The molecule has 6 nitrogen and oxygen atoms in total. The second-order valence-electron chi connectivity index (χ2n) is 5.66. The number of hydrogen-bond acceptors (Lipinski definition) is 4. The van der Waals surface area contributed by atoms with Crippen LogP contribution in [-0.4, -0.2) is 28.6 Å². The number of hydrogen-bond donors (Lipinski definition) is 3. The highest BCUT2D eigenvalue weighted by atomic mass is 35.5. The number of carbonyl (C=O) groups is 3. The third-order valence-corrected chi connectivity index (χ3v) is 4.81. The molecule has 0 fully saturated rings. The van der Waals surface area contributed by atoms with Gasteiger partial charge in [-0.3, -0.25) is 9.59 Å². The van der Waals surface area contributed by atoms with Crippen LogP contribution in [0.5, 0.6) is 0 Å². The molecular formula is C19H19ClN2O4S. The van der Waals surface area contributed by atoms with Gasteiger partial charge in [0.1, 0.15) is 0 Å². The normalized spacial score (nSPS) is 10.3. The number of carboxylic acid groups (broad SMARTS) is 1. The number of carbonyl (C=O) groups excluding carboxylic acids is 2. The molecule has 2 aromatic rings. The minimum atomic E-state index is -1.16. The summed E-state index contributed by atoms with van der Waals surface area (Å²) in [6.07, 6.45) is 1.27. The van der Waals surface area contributed by atoms with Crippen molar-refractivity contribution in [3.8, 4) is 0 Å². The fourth-order valence-corrected chi connectivity index (χ4v) is 3.09. The Labute approximate surface area is 166 Å². The lowest BCUT2D eigenvalue weighted by Gasteiger charge is -2.08. The van der Waals surface area contributed by atoms with Crippen LogP contribution in [0, 0.1) is 0 Å². The van der Waals surface area contributed by atoms with Crippen LogP contribution in [0.2, 0.25) is 5.02 Å². The van der Waals surface area contributed by atoms with Gasteiger partial charge in [0.15, 0.2) is 0 Å². The van der Waals surface area contributed by atoms with E-state index in [9.17, 15) is 14.4 Å². The third kappa shape index (κ3) is 6.62. The van der Waals surface area contributed by atoms with Crippen molar-refractivity contribution >= 4 is 52.5 Å². The van der Waals surface area contributed by atoms with Gasteiger partial charge in [0.25, 0.3) is 0 Å². The molecule has 2 amide bonds. The van der Waals surface area contributed by atoms with Gasteiger partial charge in [-0.25, -0.2) is 4.79 Å². The van der Waals surface area contributed by atoms with Gasteiger partial charge >= 0.3 is 5.97 Å². The molecule has 0 aliphatic carbocycles. The van der Waals surface area contributed by atoms with Gasteiger partial charge in [-0.2, -0.15) is 0 Å². The van der Waals surface area contributed by atoms with E-state index in [2.05, 4.69) is 10.6 Å². The fraction of sp³-hybridized carbons (Fsp3) is 0.211. The molecular weight excluding hydrogens is 388 g/mol. The first kappa shape index (κ1) is 20.8. The predicted octanol–water partition coefficient (Wildman–Crippen LogP) is 4.51. The molecule has 0 unspecified atom stereocenters. The maximum absolute atomic E-state index is 12.1. The zero-order valence-corrected chi connectivity index (χ0v) is 16.2. The summed E-state index contributed by atoms with van der Waals surface area (Å²) in [5.41, 5.74) is 1.02. The predicted molar refractivity (Wildman–Crippen MR) is 108 cm³/mol. The minimum Gasteiger partial charge on any atom is -0.478 e. The zero-order chi connectivity index (χ0) is 19.8. The Hall–Kier alpha value is -2.51. The summed E-state index contributed by atoms with van der Waals surface area (Å²) >= 11 is 7.14. The van der Waals surface area contributed by atoms with E-state index in [0.717, 1.165) is 11.3 Å². The zero-order valence-electron chi connectivity index (χ0n) is 14.6. The van der Waals surface area contributed by atoms with Crippen LogP contribution in [0.15, 0.2) is 47.4 Å². The Kier molecular flexibility index (Phi) is 7.69. The molecule has 2 aromatic carbocycles. The van der Waals surface area contributed by atoms with Gasteiger partial charge in [-0.1, -0.05) is 18.5 Å². The number of anilines is 2. The highest BCUT2D eigenvalue weighted by Crippen LogP contribution is 2.23. The van der Waals surface area contributed by atoms with Crippen molar-refractivity contribution in [2.45, 2.75) is 24.7 Å². The third-order valence-electron chi connectivity index (χ3n) is 3.47. The van der Waals surface area contributed by atoms with E-state index in [1.807, 2.05) is 19.1 Å². The second kappa shape index (κ2) is 9.99. The fourth-order valence-electron chi connectivity index (χ4n) is 2.20. The summed E-state index contributed by atoms with van der Waals surface area (Å²) in [6, 6.07) is 11.5. The molecule has 142 valence electrons. The molecule has 8 heteroatoms. The largest absolute Gasteiger partial charge is 0.478 e. The monoisotopic (exact) mass is 406 g/mol. The Morgan fingerprint density at radius 1 is 1.00 bits per heavy atom. The SMILES string of the molecule is CCCC(=O)Nc1ccc(SCC(=O)Nc2ccc(Cl)c(C(=O)O)c2)cc1. The standard InChI is InChI=1S/C19H19ClN2O4S/c1-2-3-17(23)21-12-4-7-14(8-5-12)27-11-18(24)22-13-6-9-16(20)15(10-13)19(25)26/h4-10H,2-3,11H2,1H3,(H,21,23)(H,22,24)(H,25,26). The van der Waals surface area contributed by atoms with Crippen LogP contribution in [0.1, 0.15) is 30.1 Å². The van der Waals surface area contributed by atoms with Crippen LogP contribution in [-0.2, 0) is 9.59 Å². The van der Waals surface area contributed by atoms with Crippen LogP contribution >= 0.6 is 23.4 Å². The number of amides is 2. The summed E-state index contributed by atoms with van der Waals surface area (Å²) in [5, 5.41) is 14.6. The molecule has 27 heavy (non-hydrogen) atoms. The Balaban J connectivity index is 1.87. The number of carboxylic acids is 1. The number of rotatable bonds is 8. The highest BCUT2D eigenvalue weighted by molar-refractivity contribution is 8.00. The number of aromatic carboxylic acids is 1. The van der Waals surface area contributed by atoms with Crippen molar-refractivity contribution in [2.24, 2.45) is 0 Å². The van der Waals surface area contributed by atoms with E-state index in [4.69, 9.17) is 16.7 Å². The van der Waals surface area contributed by atoms with E-state index < -0.39 is 5.97 Å². The van der Waals surface area contributed by atoms with Gasteiger partial charge < -0.3 is 15.7 Å². The van der Waals surface area contributed by atoms with Gasteiger partial charge in [0.05, 0.1) is 16.3 Å². The van der Waals surface area contributed by atoms with E-state index in [-0.39, 0.29) is 28.2 Å². The molecule has 0 radical (unpaired) electrons. The summed E-state index contributed by atoms with van der Waals surface area (Å²) in [4.78, 5) is 35.6. The van der Waals surface area contributed by atoms with E-state index in [1.165, 1.54) is 23.9 Å². The van der Waals surface area contributed by atoms with Crippen molar-refractivity contribution in [1.82, 2.24) is 0 Å². The molecule has 0 saturated carbocycles. The molecule has 0 heterocycles. The smallest absolute Gasteiger partial charge is 0.337 e. The molecule has 0 saturated heterocycles. The molecule has 3 N–H and O–H groups in total. The van der Waals surface area contributed by atoms with Crippen molar-refractivity contribution in [2.75, 3.05) is 16.4 Å². The molecule has 0 aromatic heterocycles. The first-order chi connectivity index (χ1) is 12.9. The topological polar surface area (TPSA) is 95.5 Å². The van der Waals surface area contributed by atoms with E-state index in [0.29, 0.717) is 17.8 Å².